The van der Waals surface area contributed by atoms with Gasteiger partial charge in [0.25, 0.3) is 0 Å². The third-order valence-corrected chi connectivity index (χ3v) is 2.14. The average molecular weight is 157 g/mol. The molecule has 3 heteroatoms. The van der Waals surface area contributed by atoms with E-state index in [1.165, 1.54) is 0 Å². The lowest BCUT2D eigenvalue weighted by molar-refractivity contribution is 0.00441. The lowest BCUT2D eigenvalue weighted by Gasteiger charge is -2.29. The van der Waals surface area contributed by atoms with E-state index in [1.807, 2.05) is 7.05 Å². The van der Waals surface area contributed by atoms with E-state index in [4.69, 9.17) is 4.74 Å². The molecule has 1 rings (SSSR count). The molecule has 0 spiro atoms. The van der Waals surface area contributed by atoms with Gasteiger partial charge in [-0.1, -0.05) is 6.92 Å². The van der Waals surface area contributed by atoms with Crippen LogP contribution in [-0.2, 0) is 4.74 Å². The summed E-state index contributed by atoms with van der Waals surface area (Å²) in [4.78, 5) is 0. The van der Waals surface area contributed by atoms with Crippen molar-refractivity contribution in [2.45, 2.75) is 25.5 Å². The van der Waals surface area contributed by atoms with Crippen LogP contribution in [0, 0.1) is 0 Å². The molecule has 1 fully saturated rings. The number of nitrogens with one attached hydrogen (secondary N) is 1. The molecular weight excluding hydrogens is 140 g/mol. The highest BCUT2D eigenvalue weighted by Gasteiger charge is 2.21. The maximum absolute atomic E-state index is 5.57. The summed E-state index contributed by atoms with van der Waals surface area (Å²) < 4.78 is 5.57. The first-order valence-electron chi connectivity index (χ1n) is 4.29. The molecule has 0 bridgehead atoms. The van der Waals surface area contributed by atoms with E-state index in [0.717, 1.165) is 26.1 Å². The Morgan fingerprint density at radius 2 is 2.55 bits per heavy atom. The summed E-state index contributed by atoms with van der Waals surface area (Å²) in [6, 6.07) is 0.378. The van der Waals surface area contributed by atoms with Crippen LogP contribution in [0.5, 0.6) is 0 Å². The zero-order valence-electron chi connectivity index (χ0n) is 7.34. The number of nitrogens with zero attached hydrogens (tertiary/aromatic N) is 1. The molecule has 1 radical (unpaired) electrons. The first kappa shape index (κ1) is 8.97. The topological polar surface area (TPSA) is 35.4 Å². The smallest absolute Gasteiger partial charge is 0.0868 e. The van der Waals surface area contributed by atoms with Crippen LogP contribution in [0.1, 0.15) is 13.3 Å². The first-order chi connectivity index (χ1) is 5.38. The highest BCUT2D eigenvalue weighted by Crippen LogP contribution is 2.05. The van der Waals surface area contributed by atoms with Crippen LogP contribution in [-0.4, -0.2) is 38.9 Å². The molecule has 2 unspecified atom stereocenters. The Labute approximate surface area is 68.5 Å². The number of hydrogen-bond donors (Lipinski definition) is 1. The largest absolute Gasteiger partial charge is 0.374 e. The van der Waals surface area contributed by atoms with Crippen LogP contribution in [0.3, 0.4) is 0 Å². The third kappa shape index (κ3) is 2.43. The average Bonchev–Trinajstić information content (AvgIpc) is 2.09. The van der Waals surface area contributed by atoms with E-state index in [0.29, 0.717) is 12.1 Å². The first-order valence-corrected chi connectivity index (χ1v) is 4.29. The van der Waals surface area contributed by atoms with E-state index in [9.17, 15) is 0 Å². The molecule has 0 aliphatic carbocycles. The van der Waals surface area contributed by atoms with E-state index < -0.39 is 0 Å². The molecule has 0 aromatic heterocycles. The zero-order valence-corrected chi connectivity index (χ0v) is 7.34. The van der Waals surface area contributed by atoms with Gasteiger partial charge in [-0.15, -0.1) is 0 Å². The van der Waals surface area contributed by atoms with Gasteiger partial charge in [0.2, 0.25) is 0 Å². The van der Waals surface area contributed by atoms with Crippen molar-refractivity contribution in [3.8, 4) is 0 Å². The highest BCUT2D eigenvalue weighted by molar-refractivity contribution is 4.78. The fraction of sp³-hybridized carbons (Fsp3) is 1.00. The molecule has 1 aliphatic rings. The monoisotopic (exact) mass is 157 g/mol. The number of morpholine rings is 1. The van der Waals surface area contributed by atoms with Gasteiger partial charge in [-0.2, -0.15) is 0 Å². The highest BCUT2D eigenvalue weighted by atomic mass is 16.5. The summed E-state index contributed by atoms with van der Waals surface area (Å²) in [6.45, 7) is 4.92. The summed E-state index contributed by atoms with van der Waals surface area (Å²) >= 11 is 0. The van der Waals surface area contributed by atoms with Gasteiger partial charge in [0.15, 0.2) is 0 Å². The molecule has 11 heavy (non-hydrogen) atoms. The van der Waals surface area contributed by atoms with E-state index >= 15 is 0 Å². The van der Waals surface area contributed by atoms with Crippen molar-refractivity contribution in [3.63, 3.8) is 0 Å². The lowest BCUT2D eigenvalue weighted by Crippen LogP contribution is -2.47. The molecule has 3 nitrogen and oxygen atoms in total. The van der Waals surface area contributed by atoms with Crippen LogP contribution < -0.4 is 10.6 Å². The minimum absolute atomic E-state index is 0.304. The van der Waals surface area contributed by atoms with E-state index in [-0.39, 0.29) is 0 Å². The van der Waals surface area contributed by atoms with Gasteiger partial charge < -0.3 is 10.1 Å². The van der Waals surface area contributed by atoms with Crippen molar-refractivity contribution < 1.29 is 4.74 Å². The summed E-state index contributed by atoms with van der Waals surface area (Å²) in [5, 5.41) is 7.56. The zero-order chi connectivity index (χ0) is 8.10. The molecule has 0 amide bonds. The van der Waals surface area contributed by atoms with Crippen LogP contribution in [0.15, 0.2) is 0 Å². The number of hydrogen-bond acceptors (Lipinski definition) is 2. The summed E-state index contributed by atoms with van der Waals surface area (Å²) in [6.07, 6.45) is 1.38. The van der Waals surface area contributed by atoms with E-state index in [2.05, 4.69) is 17.6 Å². The van der Waals surface area contributed by atoms with Gasteiger partial charge in [-0.3, -0.25) is 0 Å². The Kier molecular flexibility index (Phi) is 3.83. The van der Waals surface area contributed by atoms with Crippen molar-refractivity contribution in [2.75, 3.05) is 26.7 Å². The van der Waals surface area contributed by atoms with Crippen molar-refractivity contribution in [1.29, 1.82) is 0 Å². The lowest BCUT2D eigenvalue weighted by atomic mass is 10.1. The van der Waals surface area contributed by atoms with Crippen molar-refractivity contribution >= 4 is 0 Å². The predicted molar refractivity (Wildman–Crippen MR) is 44.7 cm³/mol. The quantitative estimate of drug-likeness (QED) is 0.625. The van der Waals surface area contributed by atoms with E-state index in [1.54, 1.807) is 0 Å². The minimum atomic E-state index is 0.304. The van der Waals surface area contributed by atoms with Crippen LogP contribution in [0.2, 0.25) is 0 Å². The SMILES string of the molecule is CCC([N]C)C1CNCCO1. The summed E-state index contributed by atoms with van der Waals surface area (Å²) in [7, 11) is 1.87. The summed E-state index contributed by atoms with van der Waals surface area (Å²) in [5.74, 6) is 0. The second-order valence-electron chi connectivity index (χ2n) is 2.85. The van der Waals surface area contributed by atoms with Crippen molar-refractivity contribution in [1.82, 2.24) is 10.6 Å². The van der Waals surface area contributed by atoms with Crippen LogP contribution >= 0.6 is 0 Å². The Morgan fingerprint density at radius 1 is 1.73 bits per heavy atom. The molecule has 0 aromatic rings. The van der Waals surface area contributed by atoms with Gasteiger partial charge in [0.1, 0.15) is 0 Å². The Hall–Kier alpha value is -0.120. The molecule has 65 valence electrons. The summed E-state index contributed by atoms with van der Waals surface area (Å²) in [5.41, 5.74) is 0. The molecular formula is C8H17N2O. The van der Waals surface area contributed by atoms with Gasteiger partial charge in [0.05, 0.1) is 18.8 Å². The molecule has 1 N–H and O–H groups in total. The van der Waals surface area contributed by atoms with Crippen LogP contribution in [0.4, 0.5) is 0 Å². The van der Waals surface area contributed by atoms with Crippen LogP contribution in [0.25, 0.3) is 0 Å². The second-order valence-corrected chi connectivity index (χ2v) is 2.85. The fourth-order valence-corrected chi connectivity index (χ4v) is 1.44. The number of rotatable bonds is 3. The molecule has 2 atom stereocenters. The number of likely N-dealkylation sites (N-methyl/N-ethyl adjacent to an activating group) is 1. The molecule has 1 heterocycles. The Morgan fingerprint density at radius 3 is 3.00 bits per heavy atom. The molecule has 1 saturated heterocycles. The van der Waals surface area contributed by atoms with Crippen molar-refractivity contribution in [2.24, 2.45) is 0 Å². The standard InChI is InChI=1S/C8H17N2O/c1-3-7(9-2)8-6-10-4-5-11-8/h7-8,10H,3-6H2,1-2H3. The maximum atomic E-state index is 5.57. The second kappa shape index (κ2) is 4.70. The predicted octanol–water partition coefficient (Wildman–Crippen LogP) is -0.0124. The molecule has 1 aliphatic heterocycles. The molecule has 0 saturated carbocycles. The minimum Gasteiger partial charge on any atom is -0.374 e. The van der Waals surface area contributed by atoms with Gasteiger partial charge in [-0.25, -0.2) is 5.32 Å². The third-order valence-electron chi connectivity index (χ3n) is 2.14. The van der Waals surface area contributed by atoms with Gasteiger partial charge >= 0.3 is 0 Å². The Balaban J connectivity index is 2.30. The van der Waals surface area contributed by atoms with Gasteiger partial charge in [0, 0.05) is 20.1 Å². The normalized spacial score (nSPS) is 28.4. The van der Waals surface area contributed by atoms with Crippen molar-refractivity contribution in [3.05, 3.63) is 0 Å². The number of ether oxygens (including phenoxy) is 1. The maximum Gasteiger partial charge on any atom is 0.0868 e. The van der Waals surface area contributed by atoms with Gasteiger partial charge in [-0.05, 0) is 6.42 Å². The molecule has 0 aromatic carbocycles. The Bertz CT molecular complexity index is 98.3. The fourth-order valence-electron chi connectivity index (χ4n) is 1.44.